The topological polar surface area (TPSA) is 114 Å². The van der Waals surface area contributed by atoms with E-state index in [2.05, 4.69) is 9.83 Å². The number of hydrogen-bond donors (Lipinski definition) is 2. The summed E-state index contributed by atoms with van der Waals surface area (Å²) in [6.45, 7) is 14.7. The van der Waals surface area contributed by atoms with Crippen molar-refractivity contribution in [1.29, 1.82) is 0 Å². The third-order valence-electron chi connectivity index (χ3n) is 5.34. The number of aliphatic carboxylic acids is 1. The molecule has 9 heteroatoms. The third kappa shape index (κ3) is 9.19. The van der Waals surface area contributed by atoms with Gasteiger partial charge >= 0.3 is 12.1 Å². The molecule has 0 fully saturated rings. The van der Waals surface area contributed by atoms with Crippen LogP contribution in [0, 0.1) is 13.5 Å². The molecule has 2 N–H and O–H groups in total. The van der Waals surface area contributed by atoms with E-state index >= 15 is 0 Å². The lowest BCUT2D eigenvalue weighted by molar-refractivity contribution is -0.137. The molecule has 0 atom stereocenters. The number of carboxylic acid groups (broad SMARTS) is 1. The van der Waals surface area contributed by atoms with Gasteiger partial charge in [0.15, 0.2) is 5.69 Å². The Morgan fingerprint density at radius 1 is 1.14 bits per heavy atom. The average Bonchev–Trinajstić information content (AvgIpc) is 2.81. The summed E-state index contributed by atoms with van der Waals surface area (Å²) < 4.78 is 11.7. The van der Waals surface area contributed by atoms with Gasteiger partial charge in [-0.25, -0.2) is 9.64 Å². The first kappa shape index (κ1) is 28.6. The first-order valence-corrected chi connectivity index (χ1v) is 11.9. The van der Waals surface area contributed by atoms with Gasteiger partial charge in [0.1, 0.15) is 18.0 Å². The fourth-order valence-electron chi connectivity index (χ4n) is 3.51. The number of aliphatic hydroxyl groups excluding tert-OH is 1. The van der Waals surface area contributed by atoms with Crippen molar-refractivity contribution in [2.45, 2.75) is 78.7 Å². The second kappa shape index (κ2) is 13.4. The Morgan fingerprint density at radius 3 is 2.42 bits per heavy atom. The Labute approximate surface area is 212 Å². The fourth-order valence-corrected chi connectivity index (χ4v) is 3.51. The number of benzene rings is 1. The molecule has 9 nitrogen and oxygen atoms in total. The van der Waals surface area contributed by atoms with Gasteiger partial charge in [-0.2, -0.15) is 0 Å². The van der Waals surface area contributed by atoms with Gasteiger partial charge in [0.25, 0.3) is 0 Å². The van der Waals surface area contributed by atoms with Gasteiger partial charge in [0, 0.05) is 30.3 Å². The van der Waals surface area contributed by atoms with E-state index in [0.717, 1.165) is 5.56 Å². The Kier molecular flexibility index (Phi) is 10.7. The SMILES string of the molecule is [C-]#[N+]c1ccc(COc2c(C)ncc(CO)c2CN(CCCCCC(=O)O)C(=O)OC(C)(C)C)cc1. The summed E-state index contributed by atoms with van der Waals surface area (Å²) in [5, 5.41) is 18.9. The van der Waals surface area contributed by atoms with E-state index in [4.69, 9.17) is 21.2 Å². The largest absolute Gasteiger partial charge is 0.487 e. The number of aromatic nitrogens is 1. The van der Waals surface area contributed by atoms with Crippen LogP contribution in [0.2, 0.25) is 0 Å². The van der Waals surface area contributed by atoms with E-state index in [-0.39, 0.29) is 26.2 Å². The summed E-state index contributed by atoms with van der Waals surface area (Å²) >= 11 is 0. The van der Waals surface area contributed by atoms with E-state index in [0.29, 0.717) is 54.1 Å². The maximum atomic E-state index is 13.0. The molecule has 2 aromatic rings. The van der Waals surface area contributed by atoms with Gasteiger partial charge in [-0.15, -0.1) is 0 Å². The van der Waals surface area contributed by atoms with Gasteiger partial charge in [0.2, 0.25) is 0 Å². The van der Waals surface area contributed by atoms with Crippen molar-refractivity contribution in [2.75, 3.05) is 6.54 Å². The molecule has 0 unspecified atom stereocenters. The number of carboxylic acids is 1. The van der Waals surface area contributed by atoms with Crippen LogP contribution in [0.1, 0.15) is 68.8 Å². The zero-order valence-electron chi connectivity index (χ0n) is 21.4. The monoisotopic (exact) mass is 497 g/mol. The van der Waals surface area contributed by atoms with Crippen LogP contribution in [0.4, 0.5) is 10.5 Å². The normalized spacial score (nSPS) is 11.0. The minimum atomic E-state index is -0.843. The van der Waals surface area contributed by atoms with Crippen LogP contribution in [-0.2, 0) is 29.3 Å². The van der Waals surface area contributed by atoms with Crippen molar-refractivity contribution >= 4 is 17.7 Å². The Hall–Kier alpha value is -3.64. The van der Waals surface area contributed by atoms with Crippen molar-refractivity contribution in [3.05, 3.63) is 64.3 Å². The lowest BCUT2D eigenvalue weighted by atomic mass is 10.1. The summed E-state index contributed by atoms with van der Waals surface area (Å²) in [6.07, 6.45) is 2.93. The zero-order chi connectivity index (χ0) is 26.7. The second-order valence-corrected chi connectivity index (χ2v) is 9.51. The molecule has 0 aliphatic carbocycles. The van der Waals surface area contributed by atoms with Crippen molar-refractivity contribution in [3.63, 3.8) is 0 Å². The molecular weight excluding hydrogens is 462 g/mol. The van der Waals surface area contributed by atoms with Crippen LogP contribution in [0.3, 0.4) is 0 Å². The number of aliphatic hydroxyl groups is 1. The smallest absolute Gasteiger partial charge is 0.410 e. The number of carbonyl (C=O) groups excluding carboxylic acids is 1. The summed E-state index contributed by atoms with van der Waals surface area (Å²) in [4.78, 5) is 33.1. The van der Waals surface area contributed by atoms with E-state index in [1.165, 1.54) is 0 Å². The predicted molar refractivity (Wildman–Crippen MR) is 135 cm³/mol. The van der Waals surface area contributed by atoms with E-state index < -0.39 is 17.7 Å². The summed E-state index contributed by atoms with van der Waals surface area (Å²) in [5.41, 5.74) is 2.51. The molecule has 0 aliphatic rings. The van der Waals surface area contributed by atoms with Crippen LogP contribution < -0.4 is 4.74 Å². The van der Waals surface area contributed by atoms with Crippen molar-refractivity contribution < 1.29 is 29.3 Å². The predicted octanol–water partition coefficient (Wildman–Crippen LogP) is 5.39. The minimum absolute atomic E-state index is 0.0828. The zero-order valence-corrected chi connectivity index (χ0v) is 21.4. The lowest BCUT2D eigenvalue weighted by Gasteiger charge is -2.29. The third-order valence-corrected chi connectivity index (χ3v) is 5.34. The highest BCUT2D eigenvalue weighted by Gasteiger charge is 2.25. The number of hydrogen-bond acceptors (Lipinski definition) is 6. The van der Waals surface area contributed by atoms with E-state index in [9.17, 15) is 14.7 Å². The van der Waals surface area contributed by atoms with Crippen LogP contribution in [-0.4, -0.2) is 44.3 Å². The van der Waals surface area contributed by atoms with Crippen LogP contribution in [0.25, 0.3) is 4.85 Å². The van der Waals surface area contributed by atoms with Crippen molar-refractivity contribution in [1.82, 2.24) is 9.88 Å². The fraction of sp³-hybridized carbons (Fsp3) is 0.481. The maximum Gasteiger partial charge on any atom is 0.410 e. The maximum absolute atomic E-state index is 13.0. The molecule has 1 heterocycles. The van der Waals surface area contributed by atoms with Gasteiger partial charge in [-0.1, -0.05) is 30.7 Å². The highest BCUT2D eigenvalue weighted by molar-refractivity contribution is 5.68. The molecule has 1 aromatic heterocycles. The van der Waals surface area contributed by atoms with Gasteiger partial charge in [-0.05, 0) is 46.1 Å². The minimum Gasteiger partial charge on any atom is -0.487 e. The summed E-state index contributed by atoms with van der Waals surface area (Å²) in [6, 6.07) is 7.07. The van der Waals surface area contributed by atoms with Crippen LogP contribution in [0.5, 0.6) is 5.75 Å². The number of carbonyl (C=O) groups is 2. The Balaban J connectivity index is 2.28. The molecule has 0 bridgehead atoms. The first-order valence-electron chi connectivity index (χ1n) is 11.9. The molecular formula is C27H35N3O6. The molecule has 0 spiro atoms. The Bertz CT molecular complexity index is 1070. The first-order chi connectivity index (χ1) is 17.0. The quantitative estimate of drug-likeness (QED) is 0.298. The van der Waals surface area contributed by atoms with Gasteiger partial charge in [0.05, 0.1) is 25.4 Å². The number of ether oxygens (including phenoxy) is 2. The van der Waals surface area contributed by atoms with E-state index in [1.54, 1.807) is 50.9 Å². The number of pyridine rings is 1. The number of amides is 1. The number of unbranched alkanes of at least 4 members (excludes halogenated alkanes) is 2. The average molecular weight is 498 g/mol. The molecule has 0 saturated carbocycles. The highest BCUT2D eigenvalue weighted by atomic mass is 16.6. The second-order valence-electron chi connectivity index (χ2n) is 9.51. The summed E-state index contributed by atoms with van der Waals surface area (Å²) in [5.74, 6) is -0.361. The number of nitrogens with zero attached hydrogens (tertiary/aromatic N) is 3. The van der Waals surface area contributed by atoms with Crippen LogP contribution >= 0.6 is 0 Å². The molecule has 0 saturated heterocycles. The number of aryl methyl sites for hydroxylation is 1. The van der Waals surface area contributed by atoms with Gasteiger partial charge < -0.3 is 24.6 Å². The molecule has 2 rings (SSSR count). The van der Waals surface area contributed by atoms with E-state index in [1.807, 2.05) is 12.1 Å². The highest BCUT2D eigenvalue weighted by Crippen LogP contribution is 2.29. The Morgan fingerprint density at radius 2 is 1.83 bits per heavy atom. The molecule has 36 heavy (non-hydrogen) atoms. The molecule has 194 valence electrons. The number of rotatable bonds is 12. The van der Waals surface area contributed by atoms with Crippen LogP contribution in [0.15, 0.2) is 30.5 Å². The molecule has 1 aromatic carbocycles. The van der Waals surface area contributed by atoms with Crippen molar-refractivity contribution in [2.24, 2.45) is 0 Å². The molecule has 1 amide bonds. The molecule has 0 aliphatic heterocycles. The lowest BCUT2D eigenvalue weighted by Crippen LogP contribution is -2.37. The standard InChI is InChI=1S/C27H35N3O6/c1-19-25(35-18-20-10-12-22(28-5)13-11-20)23(21(17-31)15-29-19)16-30(26(34)36-27(2,3)4)14-8-6-7-9-24(32)33/h10-13,15,31H,6-9,14,16-18H2,1-4H3,(H,32,33). The van der Waals surface area contributed by atoms with Crippen molar-refractivity contribution in [3.8, 4) is 5.75 Å². The summed E-state index contributed by atoms with van der Waals surface area (Å²) in [7, 11) is 0. The molecule has 0 radical (unpaired) electrons. The van der Waals surface area contributed by atoms with Gasteiger partial charge in [-0.3, -0.25) is 9.78 Å².